The second-order valence-electron chi connectivity index (χ2n) is 8.50. The van der Waals surface area contributed by atoms with Crippen molar-refractivity contribution in [3.63, 3.8) is 0 Å². The first-order chi connectivity index (χ1) is 14.9. The maximum Gasteiger partial charge on any atom is 0.181 e. The number of piperidine rings is 1. The lowest BCUT2D eigenvalue weighted by Crippen LogP contribution is -2.55. The number of hydrogen-bond acceptors (Lipinski definition) is 7. The van der Waals surface area contributed by atoms with E-state index in [1.165, 1.54) is 0 Å². The lowest BCUT2D eigenvalue weighted by molar-refractivity contribution is 0.176. The Morgan fingerprint density at radius 3 is 2.74 bits per heavy atom. The Morgan fingerprint density at radius 1 is 1.23 bits per heavy atom. The number of phenols is 1. The van der Waals surface area contributed by atoms with Gasteiger partial charge in [0.2, 0.25) is 0 Å². The zero-order chi connectivity index (χ0) is 21.7. The SMILES string of the molecule is Cc1nc(-c2ccc(-c3cnc(N(C)[C@@H]4C[C@H]5CC[C@H](N5)[C@@H]4F)cn3)c(O)c2)nn1C. The molecule has 0 amide bonds. The number of anilines is 1. The molecule has 1 aromatic carbocycles. The van der Waals surface area contributed by atoms with Crippen molar-refractivity contribution in [2.24, 2.45) is 7.05 Å². The summed E-state index contributed by atoms with van der Waals surface area (Å²) in [6, 6.07) is 5.37. The van der Waals surface area contributed by atoms with E-state index in [4.69, 9.17) is 0 Å². The monoisotopic (exact) mass is 423 g/mol. The van der Waals surface area contributed by atoms with E-state index in [-0.39, 0.29) is 17.8 Å². The Balaban J connectivity index is 1.36. The van der Waals surface area contributed by atoms with Gasteiger partial charge in [-0.05, 0) is 38.3 Å². The fraction of sp³-hybridized carbons (Fsp3) is 0.455. The van der Waals surface area contributed by atoms with Crippen LogP contribution in [0.2, 0.25) is 0 Å². The zero-order valence-corrected chi connectivity index (χ0v) is 17.8. The molecule has 2 aliphatic heterocycles. The van der Waals surface area contributed by atoms with Gasteiger partial charge in [0.25, 0.3) is 0 Å². The molecule has 5 rings (SSSR count). The average molecular weight is 423 g/mol. The number of aryl methyl sites for hydroxylation is 2. The lowest BCUT2D eigenvalue weighted by atomic mass is 9.96. The highest BCUT2D eigenvalue weighted by molar-refractivity contribution is 5.71. The van der Waals surface area contributed by atoms with Gasteiger partial charge < -0.3 is 15.3 Å². The van der Waals surface area contributed by atoms with Crippen molar-refractivity contribution >= 4 is 5.82 Å². The molecule has 2 saturated heterocycles. The molecule has 9 heteroatoms. The highest BCUT2D eigenvalue weighted by atomic mass is 19.1. The zero-order valence-electron chi connectivity index (χ0n) is 17.8. The number of nitrogens with one attached hydrogen (secondary N) is 1. The van der Waals surface area contributed by atoms with Gasteiger partial charge in [-0.25, -0.2) is 14.4 Å². The third-order valence-electron chi connectivity index (χ3n) is 6.56. The van der Waals surface area contributed by atoms with E-state index in [9.17, 15) is 9.50 Å². The first kappa shape index (κ1) is 19.9. The number of alkyl halides is 1. The first-order valence-electron chi connectivity index (χ1n) is 10.6. The fourth-order valence-electron chi connectivity index (χ4n) is 4.63. The standard InChI is InChI=1S/C22H26FN7O/c1-12-26-22(28-30(12)3)13-4-6-15(19(31)8-13)17-10-25-20(11-24-17)29(2)18-9-14-5-7-16(27-14)21(18)23/h4,6,8,10-11,14,16,18,21,27,31H,5,7,9H2,1-3H3/t14-,16+,18-,21+/m1/s1. The van der Waals surface area contributed by atoms with Crippen LogP contribution >= 0.6 is 0 Å². The first-order valence-corrected chi connectivity index (χ1v) is 10.6. The van der Waals surface area contributed by atoms with Crippen molar-refractivity contribution in [3.8, 4) is 28.4 Å². The topological polar surface area (TPSA) is 92.0 Å². The smallest absolute Gasteiger partial charge is 0.181 e. The van der Waals surface area contributed by atoms with Gasteiger partial charge >= 0.3 is 0 Å². The van der Waals surface area contributed by atoms with E-state index < -0.39 is 6.17 Å². The van der Waals surface area contributed by atoms with Gasteiger partial charge in [0.05, 0.1) is 24.1 Å². The van der Waals surface area contributed by atoms with Gasteiger partial charge in [0, 0.05) is 37.3 Å². The molecule has 2 aliphatic rings. The van der Waals surface area contributed by atoms with Gasteiger partial charge in [-0.2, -0.15) is 5.10 Å². The van der Waals surface area contributed by atoms with Crippen molar-refractivity contribution in [3.05, 3.63) is 36.4 Å². The second-order valence-corrected chi connectivity index (χ2v) is 8.50. The highest BCUT2D eigenvalue weighted by Gasteiger charge is 2.43. The third-order valence-corrected chi connectivity index (χ3v) is 6.56. The number of benzene rings is 1. The van der Waals surface area contributed by atoms with Crippen LogP contribution in [-0.4, -0.2) is 61.2 Å². The third kappa shape index (κ3) is 3.52. The van der Waals surface area contributed by atoms with Crippen LogP contribution in [0.1, 0.15) is 25.1 Å². The summed E-state index contributed by atoms with van der Waals surface area (Å²) in [5.41, 5.74) is 1.85. The Morgan fingerprint density at radius 2 is 2.06 bits per heavy atom. The molecule has 2 aromatic heterocycles. The molecule has 162 valence electrons. The van der Waals surface area contributed by atoms with Crippen LogP contribution in [0.5, 0.6) is 5.75 Å². The van der Waals surface area contributed by atoms with E-state index in [2.05, 4.69) is 25.4 Å². The fourth-order valence-corrected chi connectivity index (χ4v) is 4.63. The molecular weight excluding hydrogens is 397 g/mol. The molecule has 4 atom stereocenters. The largest absolute Gasteiger partial charge is 0.507 e. The molecule has 0 saturated carbocycles. The number of phenolic OH excluding ortho intramolecular Hbond substituents is 1. The number of nitrogens with zero attached hydrogens (tertiary/aromatic N) is 6. The quantitative estimate of drug-likeness (QED) is 0.666. The summed E-state index contributed by atoms with van der Waals surface area (Å²) in [7, 11) is 3.70. The predicted molar refractivity (Wildman–Crippen MR) is 116 cm³/mol. The number of aromatic nitrogens is 5. The van der Waals surface area contributed by atoms with Gasteiger partial charge in [0.1, 0.15) is 23.6 Å². The molecule has 31 heavy (non-hydrogen) atoms. The minimum Gasteiger partial charge on any atom is -0.507 e. The van der Waals surface area contributed by atoms with Crippen molar-refractivity contribution in [2.45, 2.75) is 50.5 Å². The number of fused-ring (bicyclic) bond motifs is 2. The van der Waals surface area contributed by atoms with Crippen LogP contribution in [-0.2, 0) is 7.05 Å². The van der Waals surface area contributed by atoms with E-state index in [1.807, 2.05) is 32.0 Å². The number of aromatic hydroxyl groups is 1. The van der Waals surface area contributed by atoms with Gasteiger partial charge in [0.15, 0.2) is 5.82 Å². The molecule has 0 radical (unpaired) electrons. The van der Waals surface area contributed by atoms with Crippen LogP contribution in [0, 0.1) is 6.92 Å². The maximum absolute atomic E-state index is 14.9. The van der Waals surface area contributed by atoms with Gasteiger partial charge in [-0.3, -0.25) is 9.67 Å². The Labute approximate surface area is 180 Å². The predicted octanol–water partition coefficient (Wildman–Crippen LogP) is 2.62. The van der Waals surface area contributed by atoms with Crippen LogP contribution in [0.15, 0.2) is 30.6 Å². The van der Waals surface area contributed by atoms with Crippen LogP contribution in [0.3, 0.4) is 0 Å². The summed E-state index contributed by atoms with van der Waals surface area (Å²) < 4.78 is 16.6. The Kier molecular flexibility index (Phi) is 4.85. The molecule has 8 nitrogen and oxygen atoms in total. The number of halogens is 1. The Bertz CT molecular complexity index is 1080. The van der Waals surface area contributed by atoms with Crippen LogP contribution < -0.4 is 10.2 Å². The summed E-state index contributed by atoms with van der Waals surface area (Å²) in [6.07, 6.45) is 5.02. The lowest BCUT2D eigenvalue weighted by Gasteiger charge is -2.38. The van der Waals surface area contributed by atoms with Gasteiger partial charge in [-0.1, -0.05) is 6.07 Å². The average Bonchev–Trinajstić information content (AvgIpc) is 3.34. The second kappa shape index (κ2) is 7.56. The molecule has 2 N–H and O–H groups in total. The van der Waals surface area contributed by atoms with Crippen LogP contribution in [0.4, 0.5) is 10.2 Å². The summed E-state index contributed by atoms with van der Waals surface area (Å²) in [4.78, 5) is 15.3. The molecule has 2 fully saturated rings. The summed E-state index contributed by atoms with van der Waals surface area (Å²) in [6.45, 7) is 1.87. The van der Waals surface area contributed by atoms with Crippen molar-refractivity contribution < 1.29 is 9.50 Å². The van der Waals surface area contributed by atoms with Crippen molar-refractivity contribution in [2.75, 3.05) is 11.9 Å². The summed E-state index contributed by atoms with van der Waals surface area (Å²) in [5.74, 6) is 2.06. The molecule has 0 unspecified atom stereocenters. The number of hydrogen-bond donors (Lipinski definition) is 2. The van der Waals surface area contributed by atoms with E-state index in [0.717, 1.165) is 30.7 Å². The molecule has 0 aliphatic carbocycles. The minimum atomic E-state index is -0.925. The molecule has 0 spiro atoms. The van der Waals surface area contributed by atoms with E-state index in [1.54, 1.807) is 29.2 Å². The molecular formula is C22H26FN7O. The molecule has 2 bridgehead atoms. The van der Waals surface area contributed by atoms with E-state index in [0.29, 0.717) is 28.9 Å². The summed E-state index contributed by atoms with van der Waals surface area (Å²) in [5, 5.41) is 18.3. The van der Waals surface area contributed by atoms with Crippen molar-refractivity contribution in [1.82, 2.24) is 30.0 Å². The normalized spacial score (nSPS) is 25.0. The Hall–Kier alpha value is -3.07. The maximum atomic E-state index is 14.9. The molecule has 3 aromatic rings. The molecule has 4 heterocycles. The minimum absolute atomic E-state index is 0.0636. The van der Waals surface area contributed by atoms with E-state index >= 15 is 0 Å². The highest BCUT2D eigenvalue weighted by Crippen LogP contribution is 2.34. The van der Waals surface area contributed by atoms with Crippen molar-refractivity contribution in [1.29, 1.82) is 0 Å². The van der Waals surface area contributed by atoms with Gasteiger partial charge in [-0.15, -0.1) is 0 Å². The van der Waals surface area contributed by atoms with Crippen LogP contribution in [0.25, 0.3) is 22.6 Å². The summed E-state index contributed by atoms with van der Waals surface area (Å²) >= 11 is 0. The number of rotatable bonds is 4.